The molecule has 7 nitrogen and oxygen atoms in total. The minimum atomic E-state index is -0.635. The van der Waals surface area contributed by atoms with Crippen LogP contribution in [0.2, 0.25) is 0 Å². The van der Waals surface area contributed by atoms with Crippen molar-refractivity contribution in [3.05, 3.63) is 12.7 Å². The first-order valence-corrected chi connectivity index (χ1v) is 5.67. The number of nitrogens with one attached hydrogen (secondary N) is 3. The number of methoxy groups -OCH3 is 1. The van der Waals surface area contributed by atoms with Gasteiger partial charge in [0.1, 0.15) is 6.10 Å². The Hall–Kier alpha value is -1.60. The van der Waals surface area contributed by atoms with Crippen molar-refractivity contribution in [3.63, 3.8) is 0 Å². The first-order chi connectivity index (χ1) is 8.61. The second-order valence-electron chi connectivity index (χ2n) is 3.45. The number of hydrogen-bond acceptors (Lipinski definition) is 4. The lowest BCUT2D eigenvalue weighted by Gasteiger charge is -2.13. The highest BCUT2D eigenvalue weighted by molar-refractivity contribution is 5.83. The Labute approximate surface area is 107 Å². The van der Waals surface area contributed by atoms with Crippen molar-refractivity contribution in [2.45, 2.75) is 19.4 Å². The van der Waals surface area contributed by atoms with Crippen LogP contribution >= 0.6 is 0 Å². The van der Waals surface area contributed by atoms with Gasteiger partial charge in [0, 0.05) is 13.7 Å². The summed E-state index contributed by atoms with van der Waals surface area (Å²) in [6.45, 7) is 6.33. The molecule has 0 bridgehead atoms. The summed E-state index contributed by atoms with van der Waals surface area (Å²) >= 11 is 0. The van der Waals surface area contributed by atoms with Gasteiger partial charge in [0.05, 0.1) is 13.2 Å². The second-order valence-corrected chi connectivity index (χ2v) is 3.45. The van der Waals surface area contributed by atoms with Gasteiger partial charge in [0.25, 0.3) is 5.91 Å². The number of carbonyl (C=O) groups excluding carboxylic acids is 2. The highest BCUT2D eigenvalue weighted by atomic mass is 16.5. The third-order valence-electron chi connectivity index (χ3n) is 1.95. The van der Waals surface area contributed by atoms with Crippen molar-refractivity contribution < 1.29 is 19.1 Å². The molecule has 0 aromatic carbocycles. The van der Waals surface area contributed by atoms with Crippen molar-refractivity contribution in [3.8, 4) is 0 Å². The van der Waals surface area contributed by atoms with Gasteiger partial charge in [-0.2, -0.15) is 0 Å². The zero-order chi connectivity index (χ0) is 13.8. The van der Waals surface area contributed by atoms with Crippen LogP contribution < -0.4 is 16.2 Å². The predicted molar refractivity (Wildman–Crippen MR) is 66.8 cm³/mol. The van der Waals surface area contributed by atoms with E-state index in [1.54, 1.807) is 13.0 Å². The van der Waals surface area contributed by atoms with Gasteiger partial charge in [-0.25, -0.2) is 10.2 Å². The summed E-state index contributed by atoms with van der Waals surface area (Å²) in [5.41, 5.74) is 4.45. The summed E-state index contributed by atoms with van der Waals surface area (Å²) < 4.78 is 9.95. The maximum absolute atomic E-state index is 11.4. The molecule has 0 aliphatic carbocycles. The molecular weight excluding hydrogens is 238 g/mol. The fraction of sp³-hybridized carbons (Fsp3) is 0.636. The minimum absolute atomic E-state index is 0.365. The molecule has 0 saturated heterocycles. The molecule has 0 rings (SSSR count). The number of rotatable bonds is 8. The molecule has 7 heteroatoms. The van der Waals surface area contributed by atoms with Crippen molar-refractivity contribution in [2.75, 3.05) is 26.9 Å². The largest absolute Gasteiger partial charge is 0.383 e. The third kappa shape index (κ3) is 8.54. The molecular formula is C11H21N3O4. The van der Waals surface area contributed by atoms with E-state index in [-0.39, 0.29) is 0 Å². The SMILES string of the molecule is C=CCCOC(C)C(=O)NNC(=O)NCCOC. The summed E-state index contributed by atoms with van der Waals surface area (Å²) in [5.74, 6) is -0.416. The van der Waals surface area contributed by atoms with Crippen molar-refractivity contribution in [2.24, 2.45) is 0 Å². The quantitative estimate of drug-likeness (QED) is 0.324. The second kappa shape index (κ2) is 10.5. The Kier molecular flexibility index (Phi) is 9.61. The Morgan fingerprint density at radius 1 is 1.33 bits per heavy atom. The average Bonchev–Trinajstić information content (AvgIpc) is 2.36. The van der Waals surface area contributed by atoms with Gasteiger partial charge in [-0.05, 0) is 13.3 Å². The van der Waals surface area contributed by atoms with Crippen molar-refractivity contribution >= 4 is 11.9 Å². The fourth-order valence-electron chi connectivity index (χ4n) is 0.935. The molecule has 0 spiro atoms. The number of amides is 3. The lowest BCUT2D eigenvalue weighted by Crippen LogP contribution is -2.50. The zero-order valence-electron chi connectivity index (χ0n) is 10.8. The van der Waals surface area contributed by atoms with Crippen LogP contribution in [0.3, 0.4) is 0 Å². The molecule has 0 heterocycles. The molecule has 0 aliphatic rings. The van der Waals surface area contributed by atoms with Crippen LogP contribution in [-0.2, 0) is 14.3 Å². The molecule has 0 aromatic rings. The van der Waals surface area contributed by atoms with Crippen LogP contribution in [0.4, 0.5) is 4.79 Å². The lowest BCUT2D eigenvalue weighted by molar-refractivity contribution is -0.132. The van der Waals surface area contributed by atoms with Gasteiger partial charge in [-0.3, -0.25) is 10.2 Å². The molecule has 104 valence electrons. The number of hydrazine groups is 1. The van der Waals surface area contributed by atoms with Crippen LogP contribution in [0.25, 0.3) is 0 Å². The van der Waals surface area contributed by atoms with Gasteiger partial charge in [0.2, 0.25) is 0 Å². The molecule has 0 saturated carbocycles. The van der Waals surface area contributed by atoms with Gasteiger partial charge >= 0.3 is 6.03 Å². The van der Waals surface area contributed by atoms with Gasteiger partial charge in [0.15, 0.2) is 0 Å². The Morgan fingerprint density at radius 2 is 2.06 bits per heavy atom. The fourth-order valence-corrected chi connectivity index (χ4v) is 0.935. The topological polar surface area (TPSA) is 88.7 Å². The highest BCUT2D eigenvalue weighted by Gasteiger charge is 2.13. The summed E-state index contributed by atoms with van der Waals surface area (Å²) in [4.78, 5) is 22.6. The molecule has 1 atom stereocenters. The maximum atomic E-state index is 11.4. The number of hydrogen-bond donors (Lipinski definition) is 3. The van der Waals surface area contributed by atoms with Gasteiger partial charge in [-0.1, -0.05) is 6.08 Å². The molecule has 1 unspecified atom stereocenters. The monoisotopic (exact) mass is 259 g/mol. The van der Waals surface area contributed by atoms with Crippen LogP contribution in [-0.4, -0.2) is 44.9 Å². The first-order valence-electron chi connectivity index (χ1n) is 5.67. The van der Waals surface area contributed by atoms with Gasteiger partial charge < -0.3 is 14.8 Å². The number of carbonyl (C=O) groups is 2. The summed E-state index contributed by atoms with van der Waals surface area (Å²) in [6.07, 6.45) is 1.73. The van der Waals surface area contributed by atoms with E-state index in [2.05, 4.69) is 22.7 Å². The van der Waals surface area contributed by atoms with E-state index in [1.807, 2.05) is 0 Å². The Balaban J connectivity index is 3.67. The van der Waals surface area contributed by atoms with Crippen LogP contribution in [0.5, 0.6) is 0 Å². The van der Waals surface area contributed by atoms with E-state index < -0.39 is 18.0 Å². The van der Waals surface area contributed by atoms with E-state index in [4.69, 9.17) is 9.47 Å². The standard InChI is InChI=1S/C11H21N3O4/c1-4-5-7-18-9(2)10(15)13-14-11(16)12-6-8-17-3/h4,9H,1,5-8H2,2-3H3,(H,13,15)(H2,12,14,16). The molecule has 18 heavy (non-hydrogen) atoms. The normalized spacial score (nSPS) is 11.4. The van der Waals surface area contributed by atoms with Gasteiger partial charge in [-0.15, -0.1) is 6.58 Å². The molecule has 0 radical (unpaired) electrons. The van der Waals surface area contributed by atoms with Crippen LogP contribution in [0.15, 0.2) is 12.7 Å². The van der Waals surface area contributed by atoms with E-state index >= 15 is 0 Å². The maximum Gasteiger partial charge on any atom is 0.333 e. The molecule has 3 N–H and O–H groups in total. The van der Waals surface area contributed by atoms with E-state index in [9.17, 15) is 9.59 Å². The average molecular weight is 259 g/mol. The molecule has 0 aliphatic heterocycles. The first kappa shape index (κ1) is 16.4. The third-order valence-corrected chi connectivity index (χ3v) is 1.95. The predicted octanol–water partition coefficient (Wildman–Crippen LogP) is -0.0556. The molecule has 0 fully saturated rings. The molecule has 0 aromatic heterocycles. The summed E-state index contributed by atoms with van der Waals surface area (Å²) in [6, 6.07) is -0.501. The van der Waals surface area contributed by atoms with Crippen LogP contribution in [0.1, 0.15) is 13.3 Å². The zero-order valence-corrected chi connectivity index (χ0v) is 10.8. The summed E-state index contributed by atoms with van der Waals surface area (Å²) in [7, 11) is 1.53. The van der Waals surface area contributed by atoms with Crippen LogP contribution in [0, 0.1) is 0 Å². The van der Waals surface area contributed by atoms with E-state index in [1.165, 1.54) is 7.11 Å². The van der Waals surface area contributed by atoms with E-state index in [0.717, 1.165) is 0 Å². The van der Waals surface area contributed by atoms with Crippen molar-refractivity contribution in [1.29, 1.82) is 0 Å². The number of urea groups is 1. The van der Waals surface area contributed by atoms with Crippen molar-refractivity contribution in [1.82, 2.24) is 16.2 Å². The smallest absolute Gasteiger partial charge is 0.333 e. The van der Waals surface area contributed by atoms with E-state index in [0.29, 0.717) is 26.2 Å². The minimum Gasteiger partial charge on any atom is -0.383 e. The highest BCUT2D eigenvalue weighted by Crippen LogP contribution is 1.92. The Morgan fingerprint density at radius 3 is 2.67 bits per heavy atom. The number of ether oxygens (including phenoxy) is 2. The lowest BCUT2D eigenvalue weighted by atomic mass is 10.4. The Bertz CT molecular complexity index is 271. The summed E-state index contributed by atoms with van der Waals surface area (Å²) in [5, 5.41) is 2.49. The molecule has 3 amide bonds.